The minimum Gasteiger partial charge on any atom is -0.461 e. The standard InChI is InChI=1S/C16H13N5OS/c1-10-9-14(23-13-7-3-2-5-11(13)17)21-16(18-10)19-15(20-21)12-6-4-8-22-12/h2-9H,17H2,1H3. The molecule has 0 unspecified atom stereocenters. The van der Waals surface area contributed by atoms with Gasteiger partial charge in [0.25, 0.3) is 5.78 Å². The van der Waals surface area contributed by atoms with Crippen molar-refractivity contribution >= 4 is 23.2 Å². The second-order valence-corrected chi connectivity index (χ2v) is 6.06. The molecule has 6 nitrogen and oxygen atoms in total. The third-order valence-corrected chi connectivity index (χ3v) is 4.37. The van der Waals surface area contributed by atoms with Crippen LogP contribution in [0.2, 0.25) is 0 Å². The maximum absolute atomic E-state index is 6.04. The predicted octanol–water partition coefficient (Wildman–Crippen LogP) is 3.43. The lowest BCUT2D eigenvalue weighted by molar-refractivity contribution is 0.577. The summed E-state index contributed by atoms with van der Waals surface area (Å²) in [4.78, 5) is 9.84. The van der Waals surface area contributed by atoms with Crippen LogP contribution >= 0.6 is 11.8 Å². The van der Waals surface area contributed by atoms with Crippen LogP contribution in [-0.4, -0.2) is 19.6 Å². The number of fused-ring (bicyclic) bond motifs is 1. The molecular weight excluding hydrogens is 310 g/mol. The molecule has 3 aromatic heterocycles. The molecule has 0 aliphatic carbocycles. The van der Waals surface area contributed by atoms with E-state index in [1.165, 1.54) is 11.8 Å². The molecule has 2 N–H and O–H groups in total. The van der Waals surface area contributed by atoms with Crippen molar-refractivity contribution in [1.29, 1.82) is 0 Å². The summed E-state index contributed by atoms with van der Waals surface area (Å²) in [5.74, 6) is 1.66. The number of para-hydroxylation sites is 1. The van der Waals surface area contributed by atoms with Gasteiger partial charge in [0.2, 0.25) is 5.82 Å². The smallest absolute Gasteiger partial charge is 0.254 e. The summed E-state index contributed by atoms with van der Waals surface area (Å²) in [6, 6.07) is 13.3. The van der Waals surface area contributed by atoms with Crippen LogP contribution in [-0.2, 0) is 0 Å². The van der Waals surface area contributed by atoms with Crippen molar-refractivity contribution in [2.75, 3.05) is 5.73 Å². The molecule has 0 atom stereocenters. The Morgan fingerprint density at radius 1 is 1.13 bits per heavy atom. The first kappa shape index (κ1) is 13.8. The van der Waals surface area contributed by atoms with E-state index >= 15 is 0 Å². The van der Waals surface area contributed by atoms with Crippen molar-refractivity contribution in [1.82, 2.24) is 19.6 Å². The van der Waals surface area contributed by atoms with E-state index in [4.69, 9.17) is 10.2 Å². The summed E-state index contributed by atoms with van der Waals surface area (Å²) in [7, 11) is 0. The summed E-state index contributed by atoms with van der Waals surface area (Å²) in [6.45, 7) is 1.93. The number of nitrogens with zero attached hydrogens (tertiary/aromatic N) is 4. The largest absolute Gasteiger partial charge is 0.461 e. The first-order valence-electron chi connectivity index (χ1n) is 7.01. The molecule has 7 heteroatoms. The third kappa shape index (κ3) is 2.55. The van der Waals surface area contributed by atoms with Crippen LogP contribution in [0.5, 0.6) is 0 Å². The third-order valence-electron chi connectivity index (χ3n) is 3.28. The molecular formula is C16H13N5OS. The molecule has 1 aromatic carbocycles. The van der Waals surface area contributed by atoms with E-state index in [2.05, 4.69) is 15.1 Å². The molecule has 0 bridgehead atoms. The SMILES string of the molecule is Cc1cc(Sc2ccccc2N)n2nc(-c3ccco3)nc2n1. The predicted molar refractivity (Wildman–Crippen MR) is 88.2 cm³/mol. The number of benzene rings is 1. The Balaban J connectivity index is 1.84. The van der Waals surface area contributed by atoms with Gasteiger partial charge in [-0.25, -0.2) is 4.98 Å². The number of rotatable bonds is 3. The molecule has 0 fully saturated rings. The van der Waals surface area contributed by atoms with Crippen molar-refractivity contribution in [3.63, 3.8) is 0 Å². The van der Waals surface area contributed by atoms with E-state index in [-0.39, 0.29) is 0 Å². The topological polar surface area (TPSA) is 82.2 Å². The summed E-state index contributed by atoms with van der Waals surface area (Å²) in [5.41, 5.74) is 7.63. The maximum atomic E-state index is 6.04. The van der Waals surface area contributed by atoms with Crippen molar-refractivity contribution in [2.24, 2.45) is 0 Å². The van der Waals surface area contributed by atoms with Gasteiger partial charge in [0.15, 0.2) is 5.76 Å². The lowest BCUT2D eigenvalue weighted by Crippen LogP contribution is -1.98. The summed E-state index contributed by atoms with van der Waals surface area (Å²) < 4.78 is 7.07. The molecule has 0 amide bonds. The number of furan rings is 1. The van der Waals surface area contributed by atoms with Crippen LogP contribution in [0.1, 0.15) is 5.69 Å². The summed E-state index contributed by atoms with van der Waals surface area (Å²) in [5, 5.41) is 5.41. The van der Waals surface area contributed by atoms with Crippen LogP contribution in [0.25, 0.3) is 17.4 Å². The van der Waals surface area contributed by atoms with Gasteiger partial charge >= 0.3 is 0 Å². The number of hydrogen-bond acceptors (Lipinski definition) is 6. The van der Waals surface area contributed by atoms with E-state index in [1.807, 2.05) is 43.3 Å². The van der Waals surface area contributed by atoms with E-state index in [1.54, 1.807) is 16.8 Å². The molecule has 0 aliphatic heterocycles. The van der Waals surface area contributed by atoms with Gasteiger partial charge in [0.05, 0.1) is 6.26 Å². The van der Waals surface area contributed by atoms with E-state index in [0.717, 1.165) is 21.3 Å². The van der Waals surface area contributed by atoms with Crippen molar-refractivity contribution < 1.29 is 4.42 Å². The minimum absolute atomic E-state index is 0.510. The van der Waals surface area contributed by atoms with Crippen molar-refractivity contribution in [2.45, 2.75) is 16.8 Å². The Bertz CT molecular complexity index is 977. The highest BCUT2D eigenvalue weighted by molar-refractivity contribution is 7.99. The van der Waals surface area contributed by atoms with Gasteiger partial charge in [-0.15, -0.1) is 5.10 Å². The first-order chi connectivity index (χ1) is 11.2. The summed E-state index contributed by atoms with van der Waals surface area (Å²) >= 11 is 1.53. The highest BCUT2D eigenvalue weighted by atomic mass is 32.2. The molecule has 0 aliphatic rings. The average Bonchev–Trinajstić information content (AvgIpc) is 3.18. The van der Waals surface area contributed by atoms with Crippen LogP contribution in [0.4, 0.5) is 5.69 Å². The zero-order valence-corrected chi connectivity index (χ0v) is 13.1. The van der Waals surface area contributed by atoms with Crippen LogP contribution in [0, 0.1) is 6.92 Å². The first-order valence-corrected chi connectivity index (χ1v) is 7.83. The van der Waals surface area contributed by atoms with Gasteiger partial charge in [0.1, 0.15) is 5.03 Å². The Hall–Kier alpha value is -2.80. The lowest BCUT2D eigenvalue weighted by atomic mass is 10.3. The molecule has 4 rings (SSSR count). The van der Waals surface area contributed by atoms with Crippen LogP contribution in [0.15, 0.2) is 63.1 Å². The van der Waals surface area contributed by atoms with Crippen LogP contribution in [0.3, 0.4) is 0 Å². The zero-order valence-electron chi connectivity index (χ0n) is 12.3. The van der Waals surface area contributed by atoms with Gasteiger partial charge in [-0.1, -0.05) is 23.9 Å². The van der Waals surface area contributed by atoms with Crippen LogP contribution < -0.4 is 5.73 Å². The highest BCUT2D eigenvalue weighted by Crippen LogP contribution is 2.32. The van der Waals surface area contributed by atoms with Crippen molar-refractivity contribution in [3.8, 4) is 11.6 Å². The van der Waals surface area contributed by atoms with E-state index < -0.39 is 0 Å². The molecule has 23 heavy (non-hydrogen) atoms. The number of nitrogen functional groups attached to an aromatic ring is 1. The van der Waals surface area contributed by atoms with Gasteiger partial charge in [-0.3, -0.25) is 0 Å². The maximum Gasteiger partial charge on any atom is 0.254 e. The molecule has 4 aromatic rings. The van der Waals surface area contributed by atoms with Gasteiger partial charge in [-0.05, 0) is 37.3 Å². The van der Waals surface area contributed by atoms with Crippen molar-refractivity contribution in [3.05, 3.63) is 54.4 Å². The number of aryl methyl sites for hydroxylation is 1. The number of aromatic nitrogens is 4. The molecule has 0 saturated carbocycles. The Morgan fingerprint density at radius 2 is 2.00 bits per heavy atom. The fourth-order valence-electron chi connectivity index (χ4n) is 2.22. The molecule has 0 radical (unpaired) electrons. The number of nitrogens with two attached hydrogens (primary N) is 1. The highest BCUT2D eigenvalue weighted by Gasteiger charge is 2.14. The summed E-state index contributed by atoms with van der Waals surface area (Å²) in [6.07, 6.45) is 1.60. The van der Waals surface area contributed by atoms with Gasteiger partial charge < -0.3 is 10.2 Å². The Labute approximate surface area is 136 Å². The monoisotopic (exact) mass is 323 g/mol. The fraction of sp³-hybridized carbons (Fsp3) is 0.0625. The van der Waals surface area contributed by atoms with Gasteiger partial charge in [-0.2, -0.15) is 9.50 Å². The Morgan fingerprint density at radius 3 is 2.78 bits per heavy atom. The second kappa shape index (κ2) is 5.44. The molecule has 3 heterocycles. The minimum atomic E-state index is 0.510. The normalized spacial score (nSPS) is 11.2. The quantitative estimate of drug-likeness (QED) is 0.459. The molecule has 0 spiro atoms. The Kier molecular flexibility index (Phi) is 3.27. The fourth-order valence-corrected chi connectivity index (χ4v) is 3.22. The second-order valence-electron chi connectivity index (χ2n) is 5.00. The van der Waals surface area contributed by atoms with Gasteiger partial charge in [0, 0.05) is 16.3 Å². The molecule has 0 saturated heterocycles. The number of anilines is 1. The van der Waals surface area contributed by atoms with E-state index in [9.17, 15) is 0 Å². The van der Waals surface area contributed by atoms with E-state index in [0.29, 0.717) is 17.4 Å². The average molecular weight is 323 g/mol. The lowest BCUT2D eigenvalue weighted by Gasteiger charge is -2.06. The molecule has 114 valence electrons. The zero-order chi connectivity index (χ0) is 15.8. The number of hydrogen-bond donors (Lipinski definition) is 1.